The van der Waals surface area contributed by atoms with Gasteiger partial charge in [0.15, 0.2) is 5.82 Å². The van der Waals surface area contributed by atoms with Crippen molar-refractivity contribution >= 4 is 29.1 Å². The normalized spacial score (nSPS) is 13.8. The molecule has 0 saturated carbocycles. The van der Waals surface area contributed by atoms with Gasteiger partial charge in [0.25, 0.3) is 0 Å². The molecular formula is C34H39N7O2. The van der Waals surface area contributed by atoms with Gasteiger partial charge in [-0.25, -0.2) is 9.97 Å². The molecule has 3 aromatic carbocycles. The molecule has 1 saturated heterocycles. The maximum Gasteiger partial charge on any atom is 0.246 e. The smallest absolute Gasteiger partial charge is 0.246 e. The second-order valence-corrected chi connectivity index (χ2v) is 10.6. The summed E-state index contributed by atoms with van der Waals surface area (Å²) in [6, 6.07) is 31.7. The highest BCUT2D eigenvalue weighted by Gasteiger charge is 2.25. The molecule has 2 N–H and O–H groups in total. The maximum absolute atomic E-state index is 14.0. The van der Waals surface area contributed by atoms with Gasteiger partial charge < -0.3 is 15.5 Å². The zero-order valence-electron chi connectivity index (χ0n) is 24.7. The fraction of sp³-hybridized carbons (Fsp3) is 0.294. The van der Waals surface area contributed by atoms with E-state index in [4.69, 9.17) is 9.97 Å². The van der Waals surface area contributed by atoms with Crippen LogP contribution < -0.4 is 15.5 Å². The third kappa shape index (κ3) is 8.70. The molecule has 1 aliphatic rings. The van der Waals surface area contributed by atoms with E-state index in [2.05, 4.69) is 44.7 Å². The van der Waals surface area contributed by atoms with Crippen LogP contribution in [0.4, 0.5) is 17.3 Å². The zero-order chi connectivity index (χ0) is 29.9. The Morgan fingerprint density at radius 3 is 2.09 bits per heavy atom. The van der Waals surface area contributed by atoms with Crippen LogP contribution in [0.1, 0.15) is 12.5 Å². The standard InChI is InChI=1S/C34H39N7O2/c1-27(42)35-18-19-36-31-25-32(38-34(37-31)29-13-7-3-8-14-29)41(30-15-9-4-10-16-30)33(43)26-40-23-21-39(22-24-40)20-17-28-11-5-2-6-12-28/h2-16,25H,17-24,26H2,1H3,(H,35,42)(H,36,37,38). The number of rotatable bonds is 12. The first-order valence-electron chi connectivity index (χ1n) is 14.8. The van der Waals surface area contributed by atoms with E-state index in [9.17, 15) is 9.59 Å². The summed E-state index contributed by atoms with van der Waals surface area (Å²) in [5.74, 6) is 1.45. The van der Waals surface area contributed by atoms with Crippen LogP contribution in [-0.4, -0.2) is 83.9 Å². The summed E-state index contributed by atoms with van der Waals surface area (Å²) < 4.78 is 0. The molecule has 43 heavy (non-hydrogen) atoms. The van der Waals surface area contributed by atoms with Crippen LogP contribution in [-0.2, 0) is 16.0 Å². The van der Waals surface area contributed by atoms with Crippen molar-refractivity contribution in [3.8, 4) is 11.4 Å². The van der Waals surface area contributed by atoms with Crippen LogP contribution in [0.2, 0.25) is 0 Å². The number of nitrogens with zero attached hydrogens (tertiary/aromatic N) is 5. The highest BCUT2D eigenvalue weighted by Crippen LogP contribution is 2.28. The summed E-state index contributed by atoms with van der Waals surface area (Å²) in [7, 11) is 0. The zero-order valence-corrected chi connectivity index (χ0v) is 24.7. The molecule has 0 aliphatic carbocycles. The number of hydrogen-bond acceptors (Lipinski definition) is 7. The average molecular weight is 578 g/mol. The Balaban J connectivity index is 1.33. The molecule has 5 rings (SSSR count). The van der Waals surface area contributed by atoms with E-state index in [1.807, 2.05) is 66.7 Å². The van der Waals surface area contributed by atoms with Gasteiger partial charge in [0.05, 0.1) is 12.2 Å². The van der Waals surface area contributed by atoms with Crippen molar-refractivity contribution < 1.29 is 9.59 Å². The van der Waals surface area contributed by atoms with Gasteiger partial charge in [-0.3, -0.25) is 19.4 Å². The largest absolute Gasteiger partial charge is 0.368 e. The van der Waals surface area contributed by atoms with Crippen LogP contribution in [0.25, 0.3) is 11.4 Å². The fourth-order valence-corrected chi connectivity index (χ4v) is 5.13. The number of carbonyl (C=O) groups is 2. The van der Waals surface area contributed by atoms with Crippen LogP contribution in [0.15, 0.2) is 97.1 Å². The van der Waals surface area contributed by atoms with E-state index in [-0.39, 0.29) is 18.4 Å². The summed E-state index contributed by atoms with van der Waals surface area (Å²) >= 11 is 0. The lowest BCUT2D eigenvalue weighted by Gasteiger charge is -2.35. The van der Waals surface area contributed by atoms with Gasteiger partial charge in [-0.05, 0) is 24.1 Å². The van der Waals surface area contributed by atoms with E-state index in [0.717, 1.165) is 50.4 Å². The fourth-order valence-electron chi connectivity index (χ4n) is 5.13. The molecule has 0 bridgehead atoms. The number of benzene rings is 3. The quantitative estimate of drug-likeness (QED) is 0.244. The third-order valence-electron chi connectivity index (χ3n) is 7.43. The van der Waals surface area contributed by atoms with Gasteiger partial charge in [-0.2, -0.15) is 0 Å². The molecule has 9 nitrogen and oxygen atoms in total. The number of hydrogen-bond donors (Lipinski definition) is 2. The number of piperazine rings is 1. The van der Waals surface area contributed by atoms with Crippen molar-refractivity contribution in [2.75, 3.05) is 62.6 Å². The Hall–Kier alpha value is -4.60. The predicted octanol–water partition coefficient (Wildman–Crippen LogP) is 4.22. The molecule has 1 aliphatic heterocycles. The van der Waals surface area contributed by atoms with E-state index in [1.54, 1.807) is 11.0 Å². The Morgan fingerprint density at radius 1 is 0.791 bits per heavy atom. The minimum absolute atomic E-state index is 0.0501. The molecule has 0 spiro atoms. The van der Waals surface area contributed by atoms with E-state index in [0.29, 0.717) is 30.5 Å². The molecule has 4 aromatic rings. The number of carbonyl (C=O) groups excluding carboxylic acids is 2. The number of anilines is 3. The second kappa shape index (κ2) is 15.0. The van der Waals surface area contributed by atoms with Crippen molar-refractivity contribution in [1.29, 1.82) is 0 Å². The van der Waals surface area contributed by atoms with Gasteiger partial charge >= 0.3 is 0 Å². The SMILES string of the molecule is CC(=O)NCCNc1cc(N(C(=O)CN2CCN(CCc3ccccc3)CC2)c2ccccc2)nc(-c2ccccc2)n1. The van der Waals surface area contributed by atoms with E-state index in [1.165, 1.54) is 12.5 Å². The summed E-state index contributed by atoms with van der Waals surface area (Å²) in [5.41, 5.74) is 2.94. The Bertz CT molecular complexity index is 1460. The molecule has 2 amide bonds. The predicted molar refractivity (Wildman–Crippen MR) is 171 cm³/mol. The van der Waals surface area contributed by atoms with Crippen LogP contribution in [0, 0.1) is 0 Å². The highest BCUT2D eigenvalue weighted by atomic mass is 16.2. The number of amides is 2. The van der Waals surface area contributed by atoms with Gasteiger partial charge in [-0.15, -0.1) is 0 Å². The lowest BCUT2D eigenvalue weighted by Crippen LogP contribution is -2.50. The molecule has 2 heterocycles. The molecular weight excluding hydrogens is 538 g/mol. The number of aromatic nitrogens is 2. The van der Waals surface area contributed by atoms with Gasteiger partial charge in [0.1, 0.15) is 11.6 Å². The molecule has 1 fully saturated rings. The molecule has 222 valence electrons. The molecule has 0 radical (unpaired) electrons. The Labute approximate surface area is 253 Å². The average Bonchev–Trinajstić information content (AvgIpc) is 3.04. The molecule has 0 atom stereocenters. The monoisotopic (exact) mass is 577 g/mol. The van der Waals surface area contributed by atoms with Crippen LogP contribution in [0.5, 0.6) is 0 Å². The van der Waals surface area contributed by atoms with Gasteiger partial charge in [-0.1, -0.05) is 78.9 Å². The van der Waals surface area contributed by atoms with Crippen molar-refractivity contribution in [2.24, 2.45) is 0 Å². The van der Waals surface area contributed by atoms with Crippen LogP contribution >= 0.6 is 0 Å². The summed E-state index contributed by atoms with van der Waals surface area (Å²) in [6.07, 6.45) is 1.03. The van der Waals surface area contributed by atoms with Crippen molar-refractivity contribution in [2.45, 2.75) is 13.3 Å². The van der Waals surface area contributed by atoms with Gasteiger partial charge in [0, 0.05) is 64.4 Å². The summed E-state index contributed by atoms with van der Waals surface area (Å²) in [4.78, 5) is 41.4. The first kappa shape index (κ1) is 29.9. The topological polar surface area (TPSA) is 93.7 Å². The lowest BCUT2D eigenvalue weighted by molar-refractivity contribution is -0.120. The second-order valence-electron chi connectivity index (χ2n) is 10.6. The third-order valence-corrected chi connectivity index (χ3v) is 7.43. The minimum atomic E-state index is -0.0898. The Kier molecular flexibility index (Phi) is 10.5. The van der Waals surface area contributed by atoms with Crippen molar-refractivity contribution in [3.05, 3.63) is 103 Å². The van der Waals surface area contributed by atoms with Crippen molar-refractivity contribution in [1.82, 2.24) is 25.1 Å². The Morgan fingerprint density at radius 2 is 1.42 bits per heavy atom. The summed E-state index contributed by atoms with van der Waals surface area (Å²) in [6.45, 7) is 7.26. The van der Waals surface area contributed by atoms with E-state index < -0.39 is 0 Å². The van der Waals surface area contributed by atoms with Crippen LogP contribution in [0.3, 0.4) is 0 Å². The number of para-hydroxylation sites is 1. The first-order valence-corrected chi connectivity index (χ1v) is 14.8. The highest BCUT2D eigenvalue weighted by molar-refractivity contribution is 6.01. The van der Waals surface area contributed by atoms with E-state index >= 15 is 0 Å². The molecule has 9 heteroatoms. The first-order chi connectivity index (χ1) is 21.0. The number of nitrogens with one attached hydrogen (secondary N) is 2. The molecule has 1 aromatic heterocycles. The minimum Gasteiger partial charge on any atom is -0.368 e. The van der Waals surface area contributed by atoms with Gasteiger partial charge in [0.2, 0.25) is 11.8 Å². The molecule has 0 unspecified atom stereocenters. The van der Waals surface area contributed by atoms with Crippen molar-refractivity contribution in [3.63, 3.8) is 0 Å². The maximum atomic E-state index is 14.0. The summed E-state index contributed by atoms with van der Waals surface area (Å²) in [5, 5.41) is 6.08. The lowest BCUT2D eigenvalue weighted by atomic mass is 10.1.